The number of imidazole rings is 1. The fourth-order valence-corrected chi connectivity index (χ4v) is 3.96. The van der Waals surface area contributed by atoms with Gasteiger partial charge in [0.15, 0.2) is 0 Å². The molecule has 0 radical (unpaired) electrons. The SMILES string of the molecule is O=C1Cn2cc(-c3ccccc3)nc2[C@H](CC2CCCCC2)N1. The lowest BCUT2D eigenvalue weighted by molar-refractivity contribution is -0.123. The van der Waals surface area contributed by atoms with Gasteiger partial charge in [-0.3, -0.25) is 4.79 Å². The summed E-state index contributed by atoms with van der Waals surface area (Å²) in [7, 11) is 0. The Kier molecular flexibility index (Phi) is 3.90. The van der Waals surface area contributed by atoms with Crippen LogP contribution < -0.4 is 5.32 Å². The molecule has 1 amide bonds. The summed E-state index contributed by atoms with van der Waals surface area (Å²) in [6.45, 7) is 0.385. The molecule has 4 rings (SSSR count). The molecule has 23 heavy (non-hydrogen) atoms. The van der Waals surface area contributed by atoms with E-state index in [9.17, 15) is 4.79 Å². The molecule has 0 saturated heterocycles. The highest BCUT2D eigenvalue weighted by Crippen LogP contribution is 2.33. The molecule has 1 saturated carbocycles. The van der Waals surface area contributed by atoms with E-state index in [1.54, 1.807) is 0 Å². The lowest BCUT2D eigenvalue weighted by atomic mass is 9.84. The second kappa shape index (κ2) is 6.19. The van der Waals surface area contributed by atoms with Gasteiger partial charge in [-0.15, -0.1) is 0 Å². The molecular weight excluding hydrogens is 286 g/mol. The molecule has 120 valence electrons. The number of rotatable bonds is 3. The van der Waals surface area contributed by atoms with Crippen molar-refractivity contribution in [3.8, 4) is 11.3 Å². The number of carbonyl (C=O) groups excluding carboxylic acids is 1. The first kappa shape index (κ1) is 14.5. The van der Waals surface area contributed by atoms with Crippen molar-refractivity contribution in [1.82, 2.24) is 14.9 Å². The predicted molar refractivity (Wildman–Crippen MR) is 89.7 cm³/mol. The minimum Gasteiger partial charge on any atom is -0.345 e. The van der Waals surface area contributed by atoms with Gasteiger partial charge in [0.2, 0.25) is 5.91 Å². The maximum Gasteiger partial charge on any atom is 0.240 e. The second-order valence-electron chi connectivity index (χ2n) is 6.84. The number of hydrogen-bond donors (Lipinski definition) is 1. The van der Waals surface area contributed by atoms with E-state index in [0.717, 1.165) is 29.4 Å². The summed E-state index contributed by atoms with van der Waals surface area (Å²) >= 11 is 0. The topological polar surface area (TPSA) is 46.9 Å². The molecule has 1 aromatic heterocycles. The molecule has 4 nitrogen and oxygen atoms in total. The van der Waals surface area contributed by atoms with Crippen molar-refractivity contribution < 1.29 is 4.79 Å². The maximum absolute atomic E-state index is 12.1. The van der Waals surface area contributed by atoms with Gasteiger partial charge in [-0.1, -0.05) is 62.4 Å². The second-order valence-corrected chi connectivity index (χ2v) is 6.84. The first-order valence-electron chi connectivity index (χ1n) is 8.71. The maximum atomic E-state index is 12.1. The van der Waals surface area contributed by atoms with Gasteiger partial charge in [-0.2, -0.15) is 0 Å². The highest BCUT2D eigenvalue weighted by molar-refractivity contribution is 5.77. The molecule has 4 heteroatoms. The smallest absolute Gasteiger partial charge is 0.240 e. The van der Waals surface area contributed by atoms with Crippen LogP contribution in [0.1, 0.15) is 50.4 Å². The van der Waals surface area contributed by atoms with Gasteiger partial charge in [0.05, 0.1) is 11.7 Å². The van der Waals surface area contributed by atoms with Crippen LogP contribution in [0.2, 0.25) is 0 Å². The van der Waals surface area contributed by atoms with Crippen molar-refractivity contribution in [3.05, 3.63) is 42.4 Å². The Morgan fingerprint density at radius 2 is 1.91 bits per heavy atom. The Labute approximate surface area is 136 Å². The summed E-state index contributed by atoms with van der Waals surface area (Å²) in [4.78, 5) is 16.9. The van der Waals surface area contributed by atoms with Gasteiger partial charge in [-0.25, -0.2) is 4.98 Å². The average Bonchev–Trinajstić information content (AvgIpc) is 3.01. The molecule has 1 N–H and O–H groups in total. The zero-order chi connectivity index (χ0) is 15.6. The molecule has 1 aliphatic heterocycles. The van der Waals surface area contributed by atoms with Crippen LogP contribution in [-0.2, 0) is 11.3 Å². The van der Waals surface area contributed by atoms with Crippen LogP contribution in [0.25, 0.3) is 11.3 Å². The van der Waals surface area contributed by atoms with E-state index < -0.39 is 0 Å². The van der Waals surface area contributed by atoms with Crippen molar-refractivity contribution in [2.75, 3.05) is 0 Å². The summed E-state index contributed by atoms with van der Waals surface area (Å²) < 4.78 is 2.04. The standard InChI is InChI=1S/C19H23N3O/c23-18-13-22-12-17(15-9-5-2-6-10-15)21-19(22)16(20-18)11-14-7-3-1-4-8-14/h2,5-6,9-10,12,14,16H,1,3-4,7-8,11,13H2,(H,20,23)/t16-/m0/s1. The largest absolute Gasteiger partial charge is 0.345 e. The average molecular weight is 309 g/mol. The third kappa shape index (κ3) is 3.03. The lowest BCUT2D eigenvalue weighted by Gasteiger charge is -2.29. The number of benzene rings is 1. The zero-order valence-corrected chi connectivity index (χ0v) is 13.4. The summed E-state index contributed by atoms with van der Waals surface area (Å²) in [5, 5.41) is 3.16. The van der Waals surface area contributed by atoms with E-state index in [2.05, 4.69) is 17.4 Å². The minimum atomic E-state index is 0.0665. The van der Waals surface area contributed by atoms with Gasteiger partial charge in [-0.05, 0) is 12.3 Å². The van der Waals surface area contributed by atoms with Crippen molar-refractivity contribution in [2.24, 2.45) is 5.92 Å². The van der Waals surface area contributed by atoms with Crippen molar-refractivity contribution in [2.45, 2.75) is 51.1 Å². The van der Waals surface area contributed by atoms with E-state index in [0.29, 0.717) is 6.54 Å². The highest BCUT2D eigenvalue weighted by Gasteiger charge is 2.29. The van der Waals surface area contributed by atoms with E-state index >= 15 is 0 Å². The fourth-order valence-electron chi connectivity index (χ4n) is 3.96. The van der Waals surface area contributed by atoms with E-state index in [1.807, 2.05) is 29.0 Å². The number of fused-ring (bicyclic) bond motifs is 1. The quantitative estimate of drug-likeness (QED) is 0.940. The Hall–Kier alpha value is -2.10. The van der Waals surface area contributed by atoms with Crippen LogP contribution in [-0.4, -0.2) is 15.5 Å². The number of amides is 1. The normalized spacial score (nSPS) is 21.7. The molecule has 0 bridgehead atoms. The molecule has 0 unspecified atom stereocenters. The minimum absolute atomic E-state index is 0.0665. The number of aromatic nitrogens is 2. The fraction of sp³-hybridized carbons (Fsp3) is 0.474. The van der Waals surface area contributed by atoms with Crippen LogP contribution in [0, 0.1) is 5.92 Å². The Bertz CT molecular complexity index is 686. The summed E-state index contributed by atoms with van der Waals surface area (Å²) in [5.41, 5.74) is 2.07. The zero-order valence-electron chi connectivity index (χ0n) is 13.4. The Morgan fingerprint density at radius 1 is 1.13 bits per heavy atom. The summed E-state index contributed by atoms with van der Waals surface area (Å²) in [6.07, 6.45) is 9.65. The lowest BCUT2D eigenvalue weighted by Crippen LogP contribution is -2.39. The molecule has 1 atom stereocenters. The molecule has 2 heterocycles. The van der Waals surface area contributed by atoms with E-state index in [4.69, 9.17) is 4.98 Å². The molecule has 2 aromatic rings. The summed E-state index contributed by atoms with van der Waals surface area (Å²) in [5.74, 6) is 1.85. The number of nitrogens with one attached hydrogen (secondary N) is 1. The molecule has 1 aliphatic carbocycles. The van der Waals surface area contributed by atoms with Crippen LogP contribution >= 0.6 is 0 Å². The molecule has 1 fully saturated rings. The van der Waals surface area contributed by atoms with Gasteiger partial charge >= 0.3 is 0 Å². The number of carbonyl (C=O) groups is 1. The first-order valence-corrected chi connectivity index (χ1v) is 8.71. The van der Waals surface area contributed by atoms with Crippen molar-refractivity contribution >= 4 is 5.91 Å². The van der Waals surface area contributed by atoms with Gasteiger partial charge in [0.1, 0.15) is 12.4 Å². The van der Waals surface area contributed by atoms with Gasteiger partial charge in [0, 0.05) is 11.8 Å². The number of nitrogens with zero attached hydrogens (tertiary/aromatic N) is 2. The molecule has 1 aromatic carbocycles. The van der Waals surface area contributed by atoms with Crippen molar-refractivity contribution in [1.29, 1.82) is 0 Å². The monoisotopic (exact) mass is 309 g/mol. The van der Waals surface area contributed by atoms with Gasteiger partial charge in [0.25, 0.3) is 0 Å². The van der Waals surface area contributed by atoms with Gasteiger partial charge < -0.3 is 9.88 Å². The number of hydrogen-bond acceptors (Lipinski definition) is 2. The highest BCUT2D eigenvalue weighted by atomic mass is 16.2. The Balaban J connectivity index is 1.61. The van der Waals surface area contributed by atoms with E-state index in [-0.39, 0.29) is 11.9 Å². The van der Waals surface area contributed by atoms with Crippen LogP contribution in [0.3, 0.4) is 0 Å². The molecule has 2 aliphatic rings. The van der Waals surface area contributed by atoms with Crippen LogP contribution in [0.4, 0.5) is 0 Å². The van der Waals surface area contributed by atoms with E-state index in [1.165, 1.54) is 32.1 Å². The summed E-state index contributed by atoms with van der Waals surface area (Å²) in [6, 6.07) is 10.3. The molecular formula is C19H23N3O. The van der Waals surface area contributed by atoms with Crippen molar-refractivity contribution in [3.63, 3.8) is 0 Å². The third-order valence-electron chi connectivity index (χ3n) is 5.13. The first-order chi connectivity index (χ1) is 11.3. The van der Waals surface area contributed by atoms with Crippen LogP contribution in [0.5, 0.6) is 0 Å². The van der Waals surface area contributed by atoms with Crippen LogP contribution in [0.15, 0.2) is 36.5 Å². The predicted octanol–water partition coefficient (Wildman–Crippen LogP) is 3.69. The Morgan fingerprint density at radius 3 is 2.70 bits per heavy atom. The molecule has 0 spiro atoms. The third-order valence-corrected chi connectivity index (χ3v) is 5.13.